The zero-order chi connectivity index (χ0) is 13.1. The standard InChI is InChI=1S/C12H7F3N2O/c13-8-2-4-11(16-6-8)17-12(18)7-1-3-9(14)10(15)5-7/h1-6H,(H,16,17,18). The second kappa shape index (κ2) is 4.87. The van der Waals surface area contributed by atoms with E-state index >= 15 is 0 Å². The predicted octanol–water partition coefficient (Wildman–Crippen LogP) is 2.75. The second-order valence-electron chi connectivity index (χ2n) is 3.44. The van der Waals surface area contributed by atoms with Crippen LogP contribution < -0.4 is 5.32 Å². The van der Waals surface area contributed by atoms with Crippen molar-refractivity contribution in [2.45, 2.75) is 0 Å². The van der Waals surface area contributed by atoms with E-state index in [1.807, 2.05) is 0 Å². The van der Waals surface area contributed by atoms with Crippen molar-refractivity contribution >= 4 is 11.7 Å². The number of carbonyl (C=O) groups is 1. The molecule has 2 rings (SSSR count). The molecule has 1 aromatic carbocycles. The molecule has 0 saturated heterocycles. The van der Waals surface area contributed by atoms with Crippen LogP contribution in [0.4, 0.5) is 19.0 Å². The summed E-state index contributed by atoms with van der Waals surface area (Å²) in [7, 11) is 0. The Morgan fingerprint density at radius 2 is 1.83 bits per heavy atom. The highest BCUT2D eigenvalue weighted by Crippen LogP contribution is 2.11. The number of benzene rings is 1. The summed E-state index contributed by atoms with van der Waals surface area (Å²) >= 11 is 0. The van der Waals surface area contributed by atoms with E-state index in [0.29, 0.717) is 0 Å². The number of halogens is 3. The predicted molar refractivity (Wildman–Crippen MR) is 58.5 cm³/mol. The number of rotatable bonds is 2. The summed E-state index contributed by atoms with van der Waals surface area (Å²) in [6.45, 7) is 0. The Morgan fingerprint density at radius 3 is 2.44 bits per heavy atom. The largest absolute Gasteiger partial charge is 0.307 e. The van der Waals surface area contributed by atoms with Crippen LogP contribution in [-0.4, -0.2) is 10.9 Å². The number of hydrogen-bond donors (Lipinski definition) is 1. The molecule has 0 aliphatic carbocycles. The fourth-order valence-corrected chi connectivity index (χ4v) is 1.28. The molecule has 0 bridgehead atoms. The lowest BCUT2D eigenvalue weighted by atomic mass is 10.2. The van der Waals surface area contributed by atoms with E-state index < -0.39 is 23.4 Å². The average molecular weight is 252 g/mol. The maximum atomic E-state index is 12.9. The SMILES string of the molecule is O=C(Nc1ccc(F)cn1)c1ccc(F)c(F)c1. The number of anilines is 1. The van der Waals surface area contributed by atoms with Gasteiger partial charge in [0.15, 0.2) is 11.6 Å². The minimum atomic E-state index is -1.12. The summed E-state index contributed by atoms with van der Waals surface area (Å²) in [5.74, 6) is -3.24. The summed E-state index contributed by atoms with van der Waals surface area (Å²) < 4.78 is 38.2. The van der Waals surface area contributed by atoms with Crippen molar-refractivity contribution in [3.8, 4) is 0 Å². The smallest absolute Gasteiger partial charge is 0.256 e. The first kappa shape index (κ1) is 12.1. The van der Waals surface area contributed by atoms with E-state index in [2.05, 4.69) is 10.3 Å². The highest BCUT2D eigenvalue weighted by atomic mass is 19.2. The van der Waals surface area contributed by atoms with Crippen LogP contribution in [0, 0.1) is 17.5 Å². The number of hydrogen-bond acceptors (Lipinski definition) is 2. The second-order valence-corrected chi connectivity index (χ2v) is 3.44. The van der Waals surface area contributed by atoms with Crippen LogP contribution in [0.25, 0.3) is 0 Å². The number of amides is 1. The molecule has 0 atom stereocenters. The molecule has 0 unspecified atom stereocenters. The molecule has 1 heterocycles. The summed E-state index contributed by atoms with van der Waals surface area (Å²) in [5.41, 5.74) is -0.0555. The first-order chi connectivity index (χ1) is 8.56. The molecule has 6 heteroatoms. The summed E-state index contributed by atoms with van der Waals surface area (Å²) in [5, 5.41) is 2.33. The molecule has 0 aliphatic heterocycles. The molecule has 92 valence electrons. The van der Waals surface area contributed by atoms with Crippen LogP contribution in [0.5, 0.6) is 0 Å². The summed E-state index contributed by atoms with van der Waals surface area (Å²) in [6, 6.07) is 5.13. The van der Waals surface area contributed by atoms with Crippen LogP contribution in [0.15, 0.2) is 36.5 Å². The van der Waals surface area contributed by atoms with E-state index in [0.717, 1.165) is 30.5 Å². The van der Waals surface area contributed by atoms with Crippen molar-refractivity contribution < 1.29 is 18.0 Å². The lowest BCUT2D eigenvalue weighted by Gasteiger charge is -2.04. The summed E-state index contributed by atoms with van der Waals surface area (Å²) in [6.07, 6.45) is 0.931. The normalized spacial score (nSPS) is 10.2. The Balaban J connectivity index is 2.16. The highest BCUT2D eigenvalue weighted by molar-refractivity contribution is 6.03. The van der Waals surface area contributed by atoms with Crippen molar-refractivity contribution in [2.24, 2.45) is 0 Å². The van der Waals surface area contributed by atoms with Crippen molar-refractivity contribution in [1.82, 2.24) is 4.98 Å². The van der Waals surface area contributed by atoms with Gasteiger partial charge in [0, 0.05) is 5.56 Å². The van der Waals surface area contributed by atoms with Gasteiger partial charge in [0.05, 0.1) is 6.20 Å². The van der Waals surface area contributed by atoms with Gasteiger partial charge >= 0.3 is 0 Å². The van der Waals surface area contributed by atoms with Gasteiger partial charge in [0.25, 0.3) is 5.91 Å². The van der Waals surface area contributed by atoms with Gasteiger partial charge in [0.2, 0.25) is 0 Å². The third-order valence-corrected chi connectivity index (χ3v) is 2.15. The molecule has 2 aromatic rings. The number of pyridine rings is 1. The molecule has 0 radical (unpaired) electrons. The van der Waals surface area contributed by atoms with Crippen LogP contribution in [0.3, 0.4) is 0 Å². The summed E-state index contributed by atoms with van der Waals surface area (Å²) in [4.78, 5) is 15.2. The highest BCUT2D eigenvalue weighted by Gasteiger charge is 2.10. The van der Waals surface area contributed by atoms with Gasteiger partial charge in [0.1, 0.15) is 11.6 Å². The number of carbonyl (C=O) groups excluding carboxylic acids is 1. The van der Waals surface area contributed by atoms with E-state index in [1.165, 1.54) is 6.07 Å². The van der Waals surface area contributed by atoms with Gasteiger partial charge in [-0.25, -0.2) is 18.2 Å². The monoisotopic (exact) mass is 252 g/mol. The average Bonchev–Trinajstić information content (AvgIpc) is 2.35. The lowest BCUT2D eigenvalue weighted by molar-refractivity contribution is 0.102. The van der Waals surface area contributed by atoms with Gasteiger partial charge in [-0.1, -0.05) is 0 Å². The molecular weight excluding hydrogens is 245 g/mol. The maximum absolute atomic E-state index is 12.9. The lowest BCUT2D eigenvalue weighted by Crippen LogP contribution is -2.13. The Labute approximate surface area is 100 Å². The Hall–Kier alpha value is -2.37. The van der Waals surface area contributed by atoms with Crippen molar-refractivity contribution in [1.29, 1.82) is 0 Å². The Morgan fingerprint density at radius 1 is 1.06 bits per heavy atom. The topological polar surface area (TPSA) is 42.0 Å². The van der Waals surface area contributed by atoms with Crippen molar-refractivity contribution in [3.05, 3.63) is 59.5 Å². The van der Waals surface area contributed by atoms with Crippen LogP contribution in [0.2, 0.25) is 0 Å². The molecule has 1 aromatic heterocycles. The molecule has 0 aliphatic rings. The molecular formula is C12H7F3N2O. The molecule has 1 N–H and O–H groups in total. The third-order valence-electron chi connectivity index (χ3n) is 2.15. The molecule has 0 saturated carbocycles. The number of aromatic nitrogens is 1. The number of nitrogens with one attached hydrogen (secondary N) is 1. The Kier molecular flexibility index (Phi) is 3.27. The molecule has 0 fully saturated rings. The van der Waals surface area contributed by atoms with Crippen LogP contribution >= 0.6 is 0 Å². The first-order valence-corrected chi connectivity index (χ1v) is 4.94. The molecule has 1 amide bonds. The number of nitrogens with zero attached hydrogens (tertiary/aromatic N) is 1. The Bertz CT molecular complexity index is 584. The van der Waals surface area contributed by atoms with Crippen molar-refractivity contribution in [3.63, 3.8) is 0 Å². The van der Waals surface area contributed by atoms with Gasteiger partial charge in [-0.05, 0) is 30.3 Å². The van der Waals surface area contributed by atoms with Gasteiger partial charge in [-0.15, -0.1) is 0 Å². The molecule has 18 heavy (non-hydrogen) atoms. The minimum absolute atomic E-state index is 0.0555. The fourth-order valence-electron chi connectivity index (χ4n) is 1.28. The van der Waals surface area contributed by atoms with Crippen molar-refractivity contribution in [2.75, 3.05) is 5.32 Å². The minimum Gasteiger partial charge on any atom is -0.307 e. The van der Waals surface area contributed by atoms with E-state index in [1.54, 1.807) is 0 Å². The zero-order valence-electron chi connectivity index (χ0n) is 8.95. The van der Waals surface area contributed by atoms with E-state index in [4.69, 9.17) is 0 Å². The fraction of sp³-hybridized carbons (Fsp3) is 0. The molecule has 3 nitrogen and oxygen atoms in total. The van der Waals surface area contributed by atoms with Crippen LogP contribution in [0.1, 0.15) is 10.4 Å². The van der Waals surface area contributed by atoms with E-state index in [9.17, 15) is 18.0 Å². The van der Waals surface area contributed by atoms with E-state index in [-0.39, 0.29) is 11.4 Å². The third kappa shape index (κ3) is 2.65. The maximum Gasteiger partial charge on any atom is 0.256 e. The molecule has 0 spiro atoms. The first-order valence-electron chi connectivity index (χ1n) is 4.94. The quantitative estimate of drug-likeness (QED) is 0.892. The zero-order valence-corrected chi connectivity index (χ0v) is 8.95. The van der Waals surface area contributed by atoms with Crippen LogP contribution in [-0.2, 0) is 0 Å². The van der Waals surface area contributed by atoms with Gasteiger partial charge in [-0.2, -0.15) is 0 Å². The van der Waals surface area contributed by atoms with Gasteiger partial charge < -0.3 is 5.32 Å². The van der Waals surface area contributed by atoms with Gasteiger partial charge in [-0.3, -0.25) is 4.79 Å².